The molecule has 3 aromatic rings. The summed E-state index contributed by atoms with van der Waals surface area (Å²) in [6.07, 6.45) is 2.45. The van der Waals surface area contributed by atoms with Crippen molar-refractivity contribution in [1.82, 2.24) is 19.7 Å². The predicted octanol–water partition coefficient (Wildman–Crippen LogP) is 2.44. The van der Waals surface area contributed by atoms with Crippen molar-refractivity contribution in [2.45, 2.75) is 25.5 Å². The van der Waals surface area contributed by atoms with Crippen LogP contribution in [0.5, 0.6) is 0 Å². The van der Waals surface area contributed by atoms with Crippen LogP contribution >= 0.6 is 11.3 Å². The molecule has 0 aliphatic heterocycles. The average molecular weight is 325 g/mol. The molecule has 0 aliphatic carbocycles. The number of thiazole rings is 1. The number of nitriles is 1. The van der Waals surface area contributed by atoms with Crippen LogP contribution in [0.25, 0.3) is 11.3 Å². The summed E-state index contributed by atoms with van der Waals surface area (Å²) in [5.74, 6) is -0.101. The first-order valence-corrected chi connectivity index (χ1v) is 8.02. The first-order chi connectivity index (χ1) is 11.2. The lowest BCUT2D eigenvalue weighted by atomic mass is 10.1. The van der Waals surface area contributed by atoms with Gasteiger partial charge in [-0.1, -0.05) is 19.1 Å². The molecule has 7 heteroatoms. The molecule has 1 N–H and O–H groups in total. The van der Waals surface area contributed by atoms with Gasteiger partial charge in [-0.15, -0.1) is 11.3 Å². The molecule has 2 heterocycles. The van der Waals surface area contributed by atoms with Gasteiger partial charge in [0.25, 0.3) is 0 Å². The smallest absolute Gasteiger partial charge is 0.137 e. The molecule has 0 aliphatic rings. The molecule has 0 saturated carbocycles. The zero-order valence-electron chi connectivity index (χ0n) is 12.5. The zero-order chi connectivity index (χ0) is 16.2. The molecule has 2 atom stereocenters. The quantitative estimate of drug-likeness (QED) is 0.778. The van der Waals surface area contributed by atoms with E-state index in [1.54, 1.807) is 23.1 Å². The summed E-state index contributed by atoms with van der Waals surface area (Å²) in [5, 5.41) is 26.0. The third-order valence-corrected chi connectivity index (χ3v) is 4.68. The second-order valence-electron chi connectivity index (χ2n) is 5.23. The van der Waals surface area contributed by atoms with E-state index in [1.165, 1.54) is 17.7 Å². The number of hydrogen-bond donors (Lipinski definition) is 1. The van der Waals surface area contributed by atoms with Crippen LogP contribution in [-0.2, 0) is 6.54 Å². The molecule has 3 rings (SSSR count). The Kier molecular flexibility index (Phi) is 4.46. The fourth-order valence-electron chi connectivity index (χ4n) is 2.19. The molecular formula is C16H15N5OS. The zero-order valence-corrected chi connectivity index (χ0v) is 13.3. The number of nitrogens with zero attached hydrogens (tertiary/aromatic N) is 5. The van der Waals surface area contributed by atoms with Crippen LogP contribution in [0.15, 0.2) is 42.3 Å². The van der Waals surface area contributed by atoms with Crippen molar-refractivity contribution >= 4 is 11.3 Å². The van der Waals surface area contributed by atoms with Gasteiger partial charge in [0.15, 0.2) is 0 Å². The molecule has 23 heavy (non-hydrogen) atoms. The van der Waals surface area contributed by atoms with E-state index in [2.05, 4.69) is 21.1 Å². The molecule has 0 radical (unpaired) electrons. The summed E-state index contributed by atoms with van der Waals surface area (Å²) in [6, 6.07) is 9.42. The molecule has 0 saturated heterocycles. The Morgan fingerprint density at radius 1 is 1.35 bits per heavy atom. The van der Waals surface area contributed by atoms with Gasteiger partial charge >= 0.3 is 0 Å². The van der Waals surface area contributed by atoms with Crippen LogP contribution in [-0.4, -0.2) is 31.0 Å². The van der Waals surface area contributed by atoms with Gasteiger partial charge in [0.05, 0.1) is 35.0 Å². The Bertz CT molecular complexity index is 804. The highest BCUT2D eigenvalue weighted by molar-refractivity contribution is 7.10. The van der Waals surface area contributed by atoms with Gasteiger partial charge in [-0.3, -0.25) is 4.68 Å². The second-order valence-corrected chi connectivity index (χ2v) is 6.12. The van der Waals surface area contributed by atoms with Gasteiger partial charge in [-0.25, -0.2) is 9.97 Å². The fraction of sp³-hybridized carbons (Fsp3) is 0.250. The van der Waals surface area contributed by atoms with Crippen molar-refractivity contribution in [3.05, 3.63) is 52.9 Å². The number of aromatic nitrogens is 4. The normalized spacial score (nSPS) is 13.4. The largest absolute Gasteiger partial charge is 0.390 e. The first-order valence-electron chi connectivity index (χ1n) is 7.14. The van der Waals surface area contributed by atoms with Crippen LogP contribution in [0, 0.1) is 11.3 Å². The SMILES string of the molecule is CC(c1nc(-c2ccc(C#N)cc2)cs1)C(O)Cn1cncn1. The van der Waals surface area contributed by atoms with Crippen molar-refractivity contribution < 1.29 is 5.11 Å². The first kappa shape index (κ1) is 15.3. The average Bonchev–Trinajstić information content (AvgIpc) is 3.26. The Morgan fingerprint density at radius 2 is 2.13 bits per heavy atom. The summed E-state index contributed by atoms with van der Waals surface area (Å²) in [4.78, 5) is 8.49. The van der Waals surface area contributed by atoms with Gasteiger partial charge in [-0.05, 0) is 12.1 Å². The van der Waals surface area contributed by atoms with Crippen molar-refractivity contribution in [3.63, 3.8) is 0 Å². The molecule has 0 amide bonds. The van der Waals surface area contributed by atoms with Gasteiger partial charge < -0.3 is 5.11 Å². The van der Waals surface area contributed by atoms with Crippen LogP contribution < -0.4 is 0 Å². The summed E-state index contributed by atoms with van der Waals surface area (Å²) < 4.78 is 1.61. The Hall–Kier alpha value is -2.56. The van der Waals surface area contributed by atoms with Crippen molar-refractivity contribution in [2.75, 3.05) is 0 Å². The maximum Gasteiger partial charge on any atom is 0.137 e. The number of aliphatic hydroxyl groups is 1. The van der Waals surface area contributed by atoms with Gasteiger partial charge in [0.2, 0.25) is 0 Å². The lowest BCUT2D eigenvalue weighted by Gasteiger charge is -2.16. The van der Waals surface area contributed by atoms with E-state index in [4.69, 9.17) is 5.26 Å². The van der Waals surface area contributed by atoms with Crippen LogP contribution in [0.2, 0.25) is 0 Å². The van der Waals surface area contributed by atoms with Gasteiger partial charge in [0.1, 0.15) is 12.7 Å². The Labute approximate surface area is 137 Å². The summed E-state index contributed by atoms with van der Waals surface area (Å²) in [5.41, 5.74) is 2.44. The predicted molar refractivity (Wildman–Crippen MR) is 86.7 cm³/mol. The van der Waals surface area contributed by atoms with Gasteiger partial charge in [-0.2, -0.15) is 10.4 Å². The van der Waals surface area contributed by atoms with Gasteiger partial charge in [0, 0.05) is 16.9 Å². The van der Waals surface area contributed by atoms with E-state index in [1.807, 2.05) is 24.4 Å². The number of aliphatic hydroxyl groups excluding tert-OH is 1. The molecule has 2 aromatic heterocycles. The highest BCUT2D eigenvalue weighted by Crippen LogP contribution is 2.28. The van der Waals surface area contributed by atoms with Crippen LogP contribution in [0.1, 0.15) is 23.4 Å². The lowest BCUT2D eigenvalue weighted by molar-refractivity contribution is 0.125. The number of benzene rings is 1. The molecule has 0 bridgehead atoms. The highest BCUT2D eigenvalue weighted by atomic mass is 32.1. The molecule has 116 valence electrons. The van der Waals surface area contributed by atoms with Crippen molar-refractivity contribution in [2.24, 2.45) is 0 Å². The van der Waals surface area contributed by atoms with Crippen LogP contribution in [0.4, 0.5) is 0 Å². The van der Waals surface area contributed by atoms with E-state index in [0.717, 1.165) is 16.3 Å². The third kappa shape index (κ3) is 3.44. The highest BCUT2D eigenvalue weighted by Gasteiger charge is 2.20. The molecule has 0 spiro atoms. The number of rotatable bonds is 5. The summed E-state index contributed by atoms with van der Waals surface area (Å²) in [6.45, 7) is 2.33. The van der Waals surface area contributed by atoms with E-state index < -0.39 is 6.10 Å². The molecular weight excluding hydrogens is 310 g/mol. The molecule has 0 fully saturated rings. The molecule has 1 aromatic carbocycles. The third-order valence-electron chi connectivity index (χ3n) is 3.64. The topological polar surface area (TPSA) is 87.6 Å². The minimum atomic E-state index is -0.586. The summed E-state index contributed by atoms with van der Waals surface area (Å²) in [7, 11) is 0. The maximum atomic E-state index is 10.3. The minimum Gasteiger partial charge on any atom is -0.390 e. The van der Waals surface area contributed by atoms with Crippen LogP contribution in [0.3, 0.4) is 0 Å². The fourth-order valence-corrected chi connectivity index (χ4v) is 3.13. The van der Waals surface area contributed by atoms with E-state index in [0.29, 0.717) is 12.1 Å². The monoisotopic (exact) mass is 325 g/mol. The van der Waals surface area contributed by atoms with Crippen molar-refractivity contribution in [3.8, 4) is 17.3 Å². The Morgan fingerprint density at radius 3 is 2.78 bits per heavy atom. The standard InChI is InChI=1S/C16H15N5OS/c1-11(15(22)7-21-10-18-9-19-21)16-20-14(8-23-16)13-4-2-12(6-17)3-5-13/h2-5,8-11,15,22H,7H2,1H3. The molecule has 2 unspecified atom stereocenters. The number of hydrogen-bond acceptors (Lipinski definition) is 6. The maximum absolute atomic E-state index is 10.3. The minimum absolute atomic E-state index is 0.101. The second kappa shape index (κ2) is 6.69. The molecule has 6 nitrogen and oxygen atoms in total. The lowest BCUT2D eigenvalue weighted by Crippen LogP contribution is -2.22. The van der Waals surface area contributed by atoms with E-state index in [9.17, 15) is 5.11 Å². The van der Waals surface area contributed by atoms with E-state index in [-0.39, 0.29) is 5.92 Å². The van der Waals surface area contributed by atoms with E-state index >= 15 is 0 Å². The van der Waals surface area contributed by atoms with Crippen molar-refractivity contribution in [1.29, 1.82) is 5.26 Å². The summed E-state index contributed by atoms with van der Waals surface area (Å²) >= 11 is 1.52. The Balaban J connectivity index is 1.73.